The zero-order valence-corrected chi connectivity index (χ0v) is 15.3. The van der Waals surface area contributed by atoms with Gasteiger partial charge in [0.05, 0.1) is 17.2 Å². The molecule has 136 valence electrons. The number of nitrogens with zero attached hydrogens (tertiary/aromatic N) is 1. The summed E-state index contributed by atoms with van der Waals surface area (Å²) in [6.07, 6.45) is 1.64. The predicted molar refractivity (Wildman–Crippen MR) is 94.7 cm³/mol. The van der Waals surface area contributed by atoms with E-state index in [1.165, 1.54) is 6.07 Å². The van der Waals surface area contributed by atoms with E-state index in [0.29, 0.717) is 17.6 Å². The SMILES string of the molecule is CC1(C)OB(c2ccc(CN3CCC[C@H]3C(N)=O)c(F)c2)OC1(C)C. The summed E-state index contributed by atoms with van der Waals surface area (Å²) in [7, 11) is -0.585. The molecule has 0 bridgehead atoms. The van der Waals surface area contributed by atoms with Crippen molar-refractivity contribution in [2.45, 2.75) is 64.3 Å². The quantitative estimate of drug-likeness (QED) is 0.839. The molecule has 2 N–H and O–H groups in total. The highest BCUT2D eigenvalue weighted by atomic mass is 19.1. The van der Waals surface area contributed by atoms with Crippen molar-refractivity contribution in [2.75, 3.05) is 6.54 Å². The maximum atomic E-state index is 14.6. The van der Waals surface area contributed by atoms with E-state index in [-0.39, 0.29) is 17.8 Å². The standard InChI is InChI=1S/C18H26BFN2O3/c1-17(2)18(3,4)25-19(24-17)13-8-7-12(14(20)10-13)11-22-9-5-6-15(22)16(21)23/h7-8,10,15H,5-6,9,11H2,1-4H3,(H2,21,23)/t15-/m0/s1. The average Bonchev–Trinajstić information content (AvgIpc) is 3.04. The Morgan fingerprint density at radius 3 is 2.52 bits per heavy atom. The van der Waals surface area contributed by atoms with Crippen molar-refractivity contribution in [2.24, 2.45) is 5.73 Å². The van der Waals surface area contributed by atoms with Crippen LogP contribution in [0, 0.1) is 5.82 Å². The van der Waals surface area contributed by atoms with Crippen molar-refractivity contribution >= 4 is 18.5 Å². The van der Waals surface area contributed by atoms with Crippen molar-refractivity contribution in [1.82, 2.24) is 4.90 Å². The highest BCUT2D eigenvalue weighted by Crippen LogP contribution is 2.36. The summed E-state index contributed by atoms with van der Waals surface area (Å²) in [5.74, 6) is -0.658. The van der Waals surface area contributed by atoms with Crippen molar-refractivity contribution in [3.8, 4) is 0 Å². The van der Waals surface area contributed by atoms with Crippen LogP contribution in [0.15, 0.2) is 18.2 Å². The van der Waals surface area contributed by atoms with Gasteiger partial charge < -0.3 is 15.0 Å². The van der Waals surface area contributed by atoms with Gasteiger partial charge in [-0.05, 0) is 58.6 Å². The molecule has 1 aromatic rings. The lowest BCUT2D eigenvalue weighted by atomic mass is 9.78. The minimum atomic E-state index is -0.585. The third-order valence-electron chi connectivity index (χ3n) is 5.67. The van der Waals surface area contributed by atoms with Crippen molar-refractivity contribution in [1.29, 1.82) is 0 Å². The zero-order valence-electron chi connectivity index (χ0n) is 15.3. The first-order chi connectivity index (χ1) is 11.6. The Bertz CT molecular complexity index is 664. The van der Waals surface area contributed by atoms with E-state index < -0.39 is 18.3 Å². The van der Waals surface area contributed by atoms with Gasteiger partial charge in [-0.15, -0.1) is 0 Å². The van der Waals surface area contributed by atoms with Gasteiger partial charge in [-0.3, -0.25) is 9.69 Å². The highest BCUT2D eigenvalue weighted by molar-refractivity contribution is 6.62. The van der Waals surface area contributed by atoms with Crippen LogP contribution in [0.5, 0.6) is 0 Å². The fraction of sp³-hybridized carbons (Fsp3) is 0.611. The maximum absolute atomic E-state index is 14.6. The highest BCUT2D eigenvalue weighted by Gasteiger charge is 2.51. The minimum absolute atomic E-state index is 0.304. The number of rotatable bonds is 4. The molecule has 7 heteroatoms. The number of amides is 1. The smallest absolute Gasteiger partial charge is 0.399 e. The predicted octanol–water partition coefficient (Wildman–Crippen LogP) is 1.57. The number of hydrogen-bond donors (Lipinski definition) is 1. The number of carbonyl (C=O) groups excluding carboxylic acids is 1. The van der Waals surface area contributed by atoms with Gasteiger partial charge in [-0.1, -0.05) is 12.1 Å². The van der Waals surface area contributed by atoms with Gasteiger partial charge in [0.2, 0.25) is 5.91 Å². The summed E-state index contributed by atoms with van der Waals surface area (Å²) in [5, 5.41) is 0. The molecule has 1 amide bonds. The lowest BCUT2D eigenvalue weighted by molar-refractivity contribution is -0.122. The Labute approximate surface area is 148 Å². The Morgan fingerprint density at radius 2 is 1.96 bits per heavy atom. The molecular formula is C18H26BFN2O3. The van der Waals surface area contributed by atoms with Crippen LogP contribution in [-0.4, -0.2) is 41.7 Å². The summed E-state index contributed by atoms with van der Waals surface area (Å²) < 4.78 is 26.5. The van der Waals surface area contributed by atoms with Gasteiger partial charge in [0.1, 0.15) is 5.82 Å². The van der Waals surface area contributed by atoms with E-state index in [0.717, 1.165) is 19.4 Å². The van der Waals surface area contributed by atoms with E-state index in [2.05, 4.69) is 0 Å². The van der Waals surface area contributed by atoms with Crippen LogP contribution in [0.2, 0.25) is 0 Å². The fourth-order valence-corrected chi connectivity index (χ4v) is 3.37. The number of carbonyl (C=O) groups is 1. The molecule has 3 rings (SSSR count). The molecule has 5 nitrogen and oxygen atoms in total. The second-order valence-corrected chi connectivity index (χ2v) is 7.97. The second-order valence-electron chi connectivity index (χ2n) is 7.97. The number of hydrogen-bond acceptors (Lipinski definition) is 4. The minimum Gasteiger partial charge on any atom is -0.399 e. The van der Waals surface area contributed by atoms with Crippen LogP contribution >= 0.6 is 0 Å². The van der Waals surface area contributed by atoms with Gasteiger partial charge >= 0.3 is 7.12 Å². The molecule has 1 aromatic carbocycles. The van der Waals surface area contributed by atoms with Crippen LogP contribution < -0.4 is 11.2 Å². The monoisotopic (exact) mass is 348 g/mol. The van der Waals surface area contributed by atoms with Crippen LogP contribution in [0.1, 0.15) is 46.1 Å². The first-order valence-electron chi connectivity index (χ1n) is 8.78. The summed E-state index contributed by atoms with van der Waals surface area (Å²) >= 11 is 0. The van der Waals surface area contributed by atoms with Gasteiger partial charge in [0, 0.05) is 12.1 Å². The Morgan fingerprint density at radius 1 is 1.32 bits per heavy atom. The van der Waals surface area contributed by atoms with Crippen molar-refractivity contribution < 1.29 is 18.5 Å². The first-order valence-corrected chi connectivity index (χ1v) is 8.78. The Kier molecular flexibility index (Phi) is 4.68. The van der Waals surface area contributed by atoms with E-state index in [1.807, 2.05) is 38.7 Å². The van der Waals surface area contributed by atoms with Crippen LogP contribution in [0.25, 0.3) is 0 Å². The van der Waals surface area contributed by atoms with Crippen LogP contribution in [-0.2, 0) is 20.6 Å². The van der Waals surface area contributed by atoms with Crippen LogP contribution in [0.3, 0.4) is 0 Å². The summed E-state index contributed by atoms with van der Waals surface area (Å²) in [6, 6.07) is 4.73. The molecule has 0 radical (unpaired) electrons. The molecule has 25 heavy (non-hydrogen) atoms. The molecule has 2 fully saturated rings. The van der Waals surface area contributed by atoms with Gasteiger partial charge in [-0.2, -0.15) is 0 Å². The van der Waals surface area contributed by atoms with Gasteiger partial charge in [0.15, 0.2) is 0 Å². The number of halogens is 1. The molecule has 0 unspecified atom stereocenters. The van der Waals surface area contributed by atoms with Gasteiger partial charge in [0.25, 0.3) is 0 Å². The second kappa shape index (κ2) is 6.38. The fourth-order valence-electron chi connectivity index (χ4n) is 3.37. The average molecular weight is 348 g/mol. The molecule has 2 saturated heterocycles. The van der Waals surface area contributed by atoms with Crippen molar-refractivity contribution in [3.63, 3.8) is 0 Å². The van der Waals surface area contributed by atoms with E-state index in [1.54, 1.807) is 6.07 Å². The molecule has 1 atom stereocenters. The first kappa shape index (κ1) is 18.4. The summed E-state index contributed by atoms with van der Waals surface area (Å²) in [5.41, 5.74) is 5.72. The Hall–Kier alpha value is -1.44. The molecular weight excluding hydrogens is 322 g/mol. The zero-order chi connectivity index (χ0) is 18.4. The number of nitrogens with two attached hydrogens (primary N) is 1. The molecule has 0 saturated carbocycles. The molecule has 0 aliphatic carbocycles. The summed E-state index contributed by atoms with van der Waals surface area (Å²) in [4.78, 5) is 13.4. The van der Waals surface area contributed by atoms with Gasteiger partial charge in [-0.25, -0.2) is 4.39 Å². The molecule has 0 spiro atoms. The van der Waals surface area contributed by atoms with E-state index >= 15 is 0 Å². The van der Waals surface area contributed by atoms with E-state index in [4.69, 9.17) is 15.0 Å². The molecule has 2 aliphatic heterocycles. The Balaban J connectivity index is 1.75. The molecule has 2 aliphatic rings. The number of primary amides is 1. The summed E-state index contributed by atoms with van der Waals surface area (Å²) in [6.45, 7) is 9.00. The third-order valence-corrected chi connectivity index (χ3v) is 5.67. The largest absolute Gasteiger partial charge is 0.494 e. The molecule has 0 aromatic heterocycles. The third kappa shape index (κ3) is 3.45. The van der Waals surface area contributed by atoms with Crippen molar-refractivity contribution in [3.05, 3.63) is 29.6 Å². The van der Waals surface area contributed by atoms with Crippen LogP contribution in [0.4, 0.5) is 4.39 Å². The normalized spacial score (nSPS) is 25.5. The molecule has 2 heterocycles. The number of benzene rings is 1. The lowest BCUT2D eigenvalue weighted by Gasteiger charge is -2.32. The maximum Gasteiger partial charge on any atom is 0.494 e. The topological polar surface area (TPSA) is 64.8 Å². The van der Waals surface area contributed by atoms with E-state index in [9.17, 15) is 9.18 Å². The number of likely N-dealkylation sites (tertiary alicyclic amines) is 1. The lowest BCUT2D eigenvalue weighted by Crippen LogP contribution is -2.41.